The van der Waals surface area contributed by atoms with Gasteiger partial charge in [-0.25, -0.2) is 5.43 Å². The molecular weight excluding hydrogens is 336 g/mol. The van der Waals surface area contributed by atoms with Crippen LogP contribution in [0.3, 0.4) is 0 Å². The summed E-state index contributed by atoms with van der Waals surface area (Å²) in [6.07, 6.45) is 4.18. The molecular formula is C23H28N2O2. The first-order valence-corrected chi connectivity index (χ1v) is 9.60. The van der Waals surface area contributed by atoms with Crippen LogP contribution in [0.4, 0.5) is 0 Å². The molecule has 0 heterocycles. The fraction of sp³-hybridized carbons (Fsp3) is 0.391. The molecule has 1 amide bonds. The first kappa shape index (κ1) is 19.2. The van der Waals surface area contributed by atoms with Gasteiger partial charge in [-0.15, -0.1) is 0 Å². The van der Waals surface area contributed by atoms with E-state index in [2.05, 4.69) is 49.5 Å². The summed E-state index contributed by atoms with van der Waals surface area (Å²) in [7, 11) is 0. The van der Waals surface area contributed by atoms with Crippen molar-refractivity contribution in [3.05, 3.63) is 65.2 Å². The number of fused-ring (bicyclic) bond motifs is 1. The van der Waals surface area contributed by atoms with E-state index in [1.807, 2.05) is 30.3 Å². The Kier molecular flexibility index (Phi) is 5.94. The Morgan fingerprint density at radius 2 is 1.74 bits per heavy atom. The van der Waals surface area contributed by atoms with Crippen molar-refractivity contribution in [3.8, 4) is 5.75 Å². The van der Waals surface area contributed by atoms with Crippen LogP contribution in [0.1, 0.15) is 56.7 Å². The van der Waals surface area contributed by atoms with E-state index in [1.54, 1.807) is 0 Å². The second-order valence-corrected chi connectivity index (χ2v) is 8.02. The third-order valence-corrected chi connectivity index (χ3v) is 4.84. The summed E-state index contributed by atoms with van der Waals surface area (Å²) in [4.78, 5) is 12.1. The fourth-order valence-electron chi connectivity index (χ4n) is 3.24. The van der Waals surface area contributed by atoms with Crippen molar-refractivity contribution in [2.45, 2.75) is 51.9 Å². The van der Waals surface area contributed by atoms with Crippen molar-refractivity contribution in [2.24, 2.45) is 5.10 Å². The molecule has 0 aliphatic heterocycles. The number of ether oxygens (including phenoxy) is 1. The molecule has 4 heteroatoms. The van der Waals surface area contributed by atoms with Crippen LogP contribution >= 0.6 is 0 Å². The smallest absolute Gasteiger partial charge is 0.277 e. The predicted molar refractivity (Wildman–Crippen MR) is 109 cm³/mol. The van der Waals surface area contributed by atoms with Crippen molar-refractivity contribution in [3.63, 3.8) is 0 Å². The lowest BCUT2D eigenvalue weighted by molar-refractivity contribution is -0.123. The number of amides is 1. The lowest BCUT2D eigenvalue weighted by atomic mass is 9.87. The molecule has 0 radical (unpaired) electrons. The van der Waals surface area contributed by atoms with Gasteiger partial charge in [0.1, 0.15) is 5.75 Å². The maximum absolute atomic E-state index is 12.1. The molecule has 1 aliphatic carbocycles. The third kappa shape index (κ3) is 5.19. The highest BCUT2D eigenvalue weighted by molar-refractivity contribution is 6.02. The van der Waals surface area contributed by atoms with Gasteiger partial charge in [0.15, 0.2) is 6.61 Å². The monoisotopic (exact) mass is 364 g/mol. The summed E-state index contributed by atoms with van der Waals surface area (Å²) in [6.45, 7) is 6.46. The molecule has 0 unspecified atom stereocenters. The van der Waals surface area contributed by atoms with Gasteiger partial charge in [0.05, 0.1) is 5.71 Å². The van der Waals surface area contributed by atoms with E-state index < -0.39 is 0 Å². The molecule has 0 saturated heterocycles. The highest BCUT2D eigenvalue weighted by Gasteiger charge is 2.15. The van der Waals surface area contributed by atoms with Gasteiger partial charge in [-0.3, -0.25) is 4.79 Å². The molecule has 4 nitrogen and oxygen atoms in total. The van der Waals surface area contributed by atoms with Gasteiger partial charge in [-0.05, 0) is 54.4 Å². The highest BCUT2D eigenvalue weighted by atomic mass is 16.5. The van der Waals surface area contributed by atoms with Crippen LogP contribution in [-0.2, 0) is 16.6 Å². The summed E-state index contributed by atoms with van der Waals surface area (Å²) < 4.78 is 5.59. The van der Waals surface area contributed by atoms with Crippen molar-refractivity contribution in [2.75, 3.05) is 6.61 Å². The number of carbonyl (C=O) groups is 1. The molecule has 1 N–H and O–H groups in total. The summed E-state index contributed by atoms with van der Waals surface area (Å²) in [5.74, 6) is 0.440. The zero-order valence-electron chi connectivity index (χ0n) is 16.4. The Hall–Kier alpha value is -2.62. The van der Waals surface area contributed by atoms with Gasteiger partial charge >= 0.3 is 0 Å². The zero-order chi connectivity index (χ0) is 19.3. The van der Waals surface area contributed by atoms with Gasteiger partial charge in [-0.2, -0.15) is 5.10 Å². The molecule has 0 spiro atoms. The standard InChI is InChI=1S/C23H28N2O2/c1-23(2,3)18-12-14-19(15-13-18)27-16-22(26)25-24-21-11-7-5-9-17-8-4-6-10-20(17)21/h4,6,8,10,12-15H,5,7,9,11,16H2,1-3H3,(H,25,26)/b24-21+. The van der Waals surface area contributed by atoms with Crippen LogP contribution in [0.25, 0.3) is 0 Å². The Labute approximate surface area is 161 Å². The largest absolute Gasteiger partial charge is 0.484 e. The third-order valence-electron chi connectivity index (χ3n) is 4.84. The molecule has 0 atom stereocenters. The Balaban J connectivity index is 1.58. The van der Waals surface area contributed by atoms with E-state index >= 15 is 0 Å². The van der Waals surface area contributed by atoms with E-state index in [9.17, 15) is 4.79 Å². The molecule has 0 aromatic heterocycles. The van der Waals surface area contributed by atoms with Crippen LogP contribution in [0.15, 0.2) is 53.6 Å². The molecule has 0 saturated carbocycles. The number of rotatable bonds is 4. The molecule has 0 fully saturated rings. The van der Waals surface area contributed by atoms with E-state index in [-0.39, 0.29) is 17.9 Å². The van der Waals surface area contributed by atoms with Crippen molar-refractivity contribution in [1.82, 2.24) is 5.43 Å². The summed E-state index contributed by atoms with van der Waals surface area (Å²) in [5.41, 5.74) is 7.38. The highest BCUT2D eigenvalue weighted by Crippen LogP contribution is 2.24. The van der Waals surface area contributed by atoms with Crippen LogP contribution in [-0.4, -0.2) is 18.2 Å². The molecule has 3 rings (SSSR count). The lowest BCUT2D eigenvalue weighted by Gasteiger charge is -2.19. The molecule has 2 aromatic rings. The molecule has 142 valence electrons. The second kappa shape index (κ2) is 8.38. The van der Waals surface area contributed by atoms with Gasteiger partial charge in [-0.1, -0.05) is 57.2 Å². The number of carbonyl (C=O) groups excluding carboxylic acids is 1. The maximum Gasteiger partial charge on any atom is 0.277 e. The van der Waals surface area contributed by atoms with E-state index in [0.29, 0.717) is 5.75 Å². The maximum atomic E-state index is 12.1. The van der Waals surface area contributed by atoms with E-state index in [0.717, 1.165) is 37.0 Å². The topological polar surface area (TPSA) is 50.7 Å². The Bertz CT molecular complexity index is 817. The first-order valence-electron chi connectivity index (χ1n) is 9.60. The van der Waals surface area contributed by atoms with Crippen LogP contribution in [0.2, 0.25) is 0 Å². The molecule has 1 aliphatic rings. The average Bonchev–Trinajstić information content (AvgIpc) is 2.86. The number of hydrazone groups is 1. The summed E-state index contributed by atoms with van der Waals surface area (Å²) >= 11 is 0. The minimum Gasteiger partial charge on any atom is -0.484 e. The molecule has 0 bridgehead atoms. The first-order chi connectivity index (χ1) is 12.9. The minimum atomic E-state index is -0.246. The Morgan fingerprint density at radius 1 is 1.04 bits per heavy atom. The second-order valence-electron chi connectivity index (χ2n) is 8.02. The van der Waals surface area contributed by atoms with Crippen molar-refractivity contribution >= 4 is 11.6 Å². The van der Waals surface area contributed by atoms with Crippen LogP contribution in [0, 0.1) is 0 Å². The number of benzene rings is 2. The molecule has 2 aromatic carbocycles. The van der Waals surface area contributed by atoms with Crippen LogP contribution in [0.5, 0.6) is 5.75 Å². The fourth-order valence-corrected chi connectivity index (χ4v) is 3.24. The predicted octanol–water partition coefficient (Wildman–Crippen LogP) is 4.61. The van der Waals surface area contributed by atoms with Crippen LogP contribution < -0.4 is 10.2 Å². The zero-order valence-corrected chi connectivity index (χ0v) is 16.4. The van der Waals surface area contributed by atoms with Gasteiger partial charge < -0.3 is 4.74 Å². The number of nitrogens with zero attached hydrogens (tertiary/aromatic N) is 1. The minimum absolute atomic E-state index is 0.0483. The summed E-state index contributed by atoms with van der Waals surface area (Å²) in [6, 6.07) is 16.2. The van der Waals surface area contributed by atoms with Gasteiger partial charge in [0.2, 0.25) is 0 Å². The number of hydrogen-bond donors (Lipinski definition) is 1. The quantitative estimate of drug-likeness (QED) is 0.636. The number of hydrogen-bond acceptors (Lipinski definition) is 3. The van der Waals surface area contributed by atoms with Crippen molar-refractivity contribution < 1.29 is 9.53 Å². The molecule has 27 heavy (non-hydrogen) atoms. The number of aryl methyl sites for hydroxylation is 1. The number of nitrogens with one attached hydrogen (secondary N) is 1. The average molecular weight is 364 g/mol. The summed E-state index contributed by atoms with van der Waals surface area (Å²) in [5, 5.41) is 4.38. The normalized spacial score (nSPS) is 15.7. The van der Waals surface area contributed by atoms with E-state index in [4.69, 9.17) is 4.74 Å². The Morgan fingerprint density at radius 3 is 2.48 bits per heavy atom. The van der Waals surface area contributed by atoms with E-state index in [1.165, 1.54) is 11.1 Å². The van der Waals surface area contributed by atoms with Crippen molar-refractivity contribution in [1.29, 1.82) is 0 Å². The van der Waals surface area contributed by atoms with Gasteiger partial charge in [0.25, 0.3) is 5.91 Å². The lowest BCUT2D eigenvalue weighted by Crippen LogP contribution is -2.26. The van der Waals surface area contributed by atoms with Gasteiger partial charge in [0, 0.05) is 5.56 Å². The SMILES string of the molecule is CC(C)(C)c1ccc(OCC(=O)N/N=C2\CCCCc3ccccc32)cc1.